The molecule has 4 rings (SSSR count). The number of nitrogens with zero attached hydrogens (tertiary/aromatic N) is 2. The highest BCUT2D eigenvalue weighted by atomic mass is 16.5. The van der Waals surface area contributed by atoms with Crippen LogP contribution in [0.1, 0.15) is 36.0 Å². The van der Waals surface area contributed by atoms with Crippen LogP contribution in [0.4, 0.5) is 5.82 Å². The third-order valence-electron chi connectivity index (χ3n) is 5.23. The average molecular weight is 377 g/mol. The fraction of sp³-hybridized carbons (Fsp3) is 0.273. The molecule has 0 radical (unpaired) electrons. The second-order valence-electron chi connectivity index (χ2n) is 6.76. The summed E-state index contributed by atoms with van der Waals surface area (Å²) in [5, 5.41) is 7.62. The van der Waals surface area contributed by atoms with E-state index in [0.29, 0.717) is 17.9 Å². The Morgan fingerprint density at radius 1 is 1.14 bits per heavy atom. The van der Waals surface area contributed by atoms with E-state index in [1.807, 2.05) is 47.3 Å². The molecule has 2 heterocycles. The van der Waals surface area contributed by atoms with Crippen LogP contribution < -0.4 is 14.8 Å². The number of rotatable bonds is 5. The van der Waals surface area contributed by atoms with Gasteiger partial charge in [-0.25, -0.2) is 4.68 Å². The van der Waals surface area contributed by atoms with Crippen LogP contribution in [0, 0.1) is 0 Å². The molecule has 0 spiro atoms. The topological polar surface area (TPSA) is 65.4 Å². The van der Waals surface area contributed by atoms with E-state index in [2.05, 4.69) is 23.4 Å². The summed E-state index contributed by atoms with van der Waals surface area (Å²) in [7, 11) is 3.22. The first-order valence-corrected chi connectivity index (χ1v) is 9.34. The molecule has 0 saturated heterocycles. The Bertz CT molecular complexity index is 1030. The van der Waals surface area contributed by atoms with Crippen LogP contribution in [0.3, 0.4) is 0 Å². The standard InChI is InChI=1S/C22H23N3O3/c1-4-14-7-5-6-8-18(14)25-22-17(13-23-25)16(12-21(26)24-22)15-9-10-19(27-2)20(11-15)28-3/h5-11,13,16H,4,12H2,1-3H3,(H,24,26). The van der Waals surface area contributed by atoms with Crippen molar-refractivity contribution in [2.45, 2.75) is 25.7 Å². The van der Waals surface area contributed by atoms with Crippen molar-refractivity contribution in [1.82, 2.24) is 9.78 Å². The largest absolute Gasteiger partial charge is 0.493 e. The second kappa shape index (κ2) is 7.38. The number of carbonyl (C=O) groups is 1. The lowest BCUT2D eigenvalue weighted by molar-refractivity contribution is -0.116. The van der Waals surface area contributed by atoms with Crippen LogP contribution in [0.25, 0.3) is 5.69 Å². The number of hydrogen-bond donors (Lipinski definition) is 1. The number of benzene rings is 2. The molecule has 6 heteroatoms. The normalized spacial score (nSPS) is 15.7. The van der Waals surface area contributed by atoms with Crippen molar-refractivity contribution in [2.75, 3.05) is 19.5 Å². The maximum absolute atomic E-state index is 12.5. The monoisotopic (exact) mass is 377 g/mol. The van der Waals surface area contributed by atoms with E-state index in [1.54, 1.807) is 14.2 Å². The molecule has 1 aliphatic heterocycles. The summed E-state index contributed by atoms with van der Waals surface area (Å²) >= 11 is 0. The molecule has 0 fully saturated rings. The van der Waals surface area contributed by atoms with Gasteiger partial charge in [0.25, 0.3) is 0 Å². The Morgan fingerprint density at radius 2 is 1.93 bits per heavy atom. The Labute approximate surface area is 164 Å². The van der Waals surface area contributed by atoms with Gasteiger partial charge in [-0.3, -0.25) is 4.79 Å². The highest BCUT2D eigenvalue weighted by Gasteiger charge is 2.31. The minimum absolute atomic E-state index is 0.0250. The van der Waals surface area contributed by atoms with Gasteiger partial charge in [0.15, 0.2) is 11.5 Å². The molecule has 1 unspecified atom stereocenters. The summed E-state index contributed by atoms with van der Waals surface area (Å²) in [6, 6.07) is 13.9. The van der Waals surface area contributed by atoms with E-state index < -0.39 is 0 Å². The Kier molecular flexibility index (Phi) is 4.77. The molecule has 28 heavy (non-hydrogen) atoms. The predicted octanol–water partition coefficient (Wildman–Crippen LogP) is 3.93. The lowest BCUT2D eigenvalue weighted by Crippen LogP contribution is -2.24. The molecule has 2 aromatic carbocycles. The molecule has 6 nitrogen and oxygen atoms in total. The van der Waals surface area contributed by atoms with Crippen LogP contribution in [0.2, 0.25) is 0 Å². The van der Waals surface area contributed by atoms with Crippen LogP contribution in [-0.2, 0) is 11.2 Å². The Morgan fingerprint density at radius 3 is 2.68 bits per heavy atom. The van der Waals surface area contributed by atoms with Gasteiger partial charge < -0.3 is 14.8 Å². The van der Waals surface area contributed by atoms with Gasteiger partial charge in [-0.05, 0) is 35.7 Å². The number of carbonyl (C=O) groups excluding carboxylic acids is 1. The van der Waals surface area contributed by atoms with Crippen LogP contribution in [0.15, 0.2) is 48.7 Å². The first-order valence-electron chi connectivity index (χ1n) is 9.34. The van der Waals surface area contributed by atoms with E-state index in [4.69, 9.17) is 9.47 Å². The van der Waals surface area contributed by atoms with E-state index in [1.165, 1.54) is 5.56 Å². The number of aryl methyl sites for hydroxylation is 1. The van der Waals surface area contributed by atoms with Gasteiger partial charge in [0.2, 0.25) is 5.91 Å². The fourth-order valence-electron chi connectivity index (χ4n) is 3.79. The van der Waals surface area contributed by atoms with Gasteiger partial charge in [-0.15, -0.1) is 0 Å². The van der Waals surface area contributed by atoms with Crippen LogP contribution in [0.5, 0.6) is 11.5 Å². The third-order valence-corrected chi connectivity index (χ3v) is 5.23. The fourth-order valence-corrected chi connectivity index (χ4v) is 3.79. The number of anilines is 1. The van der Waals surface area contributed by atoms with Crippen molar-refractivity contribution >= 4 is 11.7 Å². The first kappa shape index (κ1) is 18.1. The van der Waals surface area contributed by atoms with Gasteiger partial charge >= 0.3 is 0 Å². The summed E-state index contributed by atoms with van der Waals surface area (Å²) in [6.07, 6.45) is 3.10. The van der Waals surface area contributed by atoms with Gasteiger partial charge in [0.05, 0.1) is 26.1 Å². The summed E-state index contributed by atoms with van der Waals surface area (Å²) in [5.74, 6) is 1.93. The number of hydrogen-bond acceptors (Lipinski definition) is 4. The summed E-state index contributed by atoms with van der Waals surface area (Å²) in [5.41, 5.74) is 4.16. The summed E-state index contributed by atoms with van der Waals surface area (Å²) < 4.78 is 12.6. The zero-order valence-electron chi connectivity index (χ0n) is 16.2. The quantitative estimate of drug-likeness (QED) is 0.732. The second-order valence-corrected chi connectivity index (χ2v) is 6.76. The number of methoxy groups -OCH3 is 2. The number of ether oxygens (including phenoxy) is 2. The van der Waals surface area contributed by atoms with Crippen molar-refractivity contribution in [3.8, 4) is 17.2 Å². The molecule has 144 valence electrons. The van der Waals surface area contributed by atoms with E-state index in [-0.39, 0.29) is 11.8 Å². The maximum atomic E-state index is 12.5. The van der Waals surface area contributed by atoms with E-state index in [9.17, 15) is 4.79 Å². The first-order chi connectivity index (χ1) is 13.7. The van der Waals surface area contributed by atoms with Gasteiger partial charge in [-0.2, -0.15) is 5.10 Å². The van der Waals surface area contributed by atoms with Gasteiger partial charge in [0, 0.05) is 17.9 Å². The molecule has 1 amide bonds. The maximum Gasteiger partial charge on any atom is 0.226 e. The van der Waals surface area contributed by atoms with Gasteiger partial charge in [-0.1, -0.05) is 31.2 Å². The molecule has 3 aromatic rings. The number of fused-ring (bicyclic) bond motifs is 1. The average Bonchev–Trinajstić information content (AvgIpc) is 3.16. The summed E-state index contributed by atoms with van der Waals surface area (Å²) in [6.45, 7) is 2.11. The SMILES string of the molecule is CCc1ccccc1-n1ncc2c1NC(=O)CC2c1ccc(OC)c(OC)c1. The predicted molar refractivity (Wildman–Crippen MR) is 108 cm³/mol. The van der Waals surface area contributed by atoms with Crippen molar-refractivity contribution < 1.29 is 14.3 Å². The van der Waals surface area contributed by atoms with Crippen LogP contribution >= 0.6 is 0 Å². The molecular formula is C22H23N3O3. The molecule has 1 aliphatic rings. The zero-order chi connectivity index (χ0) is 19.7. The molecule has 0 saturated carbocycles. The molecular weight excluding hydrogens is 354 g/mol. The van der Waals surface area contributed by atoms with Gasteiger partial charge in [0.1, 0.15) is 5.82 Å². The van der Waals surface area contributed by atoms with Crippen molar-refractivity contribution in [3.63, 3.8) is 0 Å². The molecule has 0 aliphatic carbocycles. The highest BCUT2D eigenvalue weighted by Crippen LogP contribution is 2.41. The number of aromatic nitrogens is 2. The molecule has 0 bridgehead atoms. The molecule has 1 aromatic heterocycles. The van der Waals surface area contributed by atoms with Crippen molar-refractivity contribution in [3.05, 3.63) is 65.4 Å². The lowest BCUT2D eigenvalue weighted by atomic mass is 9.87. The Hall–Kier alpha value is -3.28. The third kappa shape index (κ3) is 3.01. The number of para-hydroxylation sites is 1. The zero-order valence-corrected chi connectivity index (χ0v) is 16.2. The highest BCUT2D eigenvalue weighted by molar-refractivity contribution is 5.94. The van der Waals surface area contributed by atoms with Crippen LogP contribution in [-0.4, -0.2) is 29.9 Å². The molecule has 1 N–H and O–H groups in total. The summed E-state index contributed by atoms with van der Waals surface area (Å²) in [4.78, 5) is 12.5. The minimum atomic E-state index is -0.0916. The van der Waals surface area contributed by atoms with E-state index in [0.717, 1.165) is 29.1 Å². The number of nitrogens with one attached hydrogen (secondary N) is 1. The molecule has 1 atom stereocenters. The van der Waals surface area contributed by atoms with E-state index >= 15 is 0 Å². The minimum Gasteiger partial charge on any atom is -0.493 e. The Balaban J connectivity index is 1.81. The van der Waals surface area contributed by atoms with Crippen molar-refractivity contribution in [1.29, 1.82) is 0 Å². The van der Waals surface area contributed by atoms with Crippen molar-refractivity contribution in [2.24, 2.45) is 0 Å². The smallest absolute Gasteiger partial charge is 0.226 e. The number of amides is 1. The lowest BCUT2D eigenvalue weighted by Gasteiger charge is -2.24.